The Hall–Kier alpha value is -2.28. The molecule has 1 aliphatic heterocycles. The zero-order valence-corrected chi connectivity index (χ0v) is 12.3. The van der Waals surface area contributed by atoms with Crippen molar-refractivity contribution in [2.24, 2.45) is 0 Å². The average Bonchev–Trinajstić information content (AvgIpc) is 2.95. The number of rotatable bonds is 3. The van der Waals surface area contributed by atoms with Gasteiger partial charge in [0.2, 0.25) is 0 Å². The molecule has 0 atom stereocenters. The summed E-state index contributed by atoms with van der Waals surface area (Å²) in [5.74, 6) is -1.94. The molecule has 1 aromatic carbocycles. The van der Waals surface area contributed by atoms with Gasteiger partial charge in [-0.1, -0.05) is 0 Å². The van der Waals surface area contributed by atoms with Gasteiger partial charge in [-0.3, -0.25) is 9.59 Å². The molecule has 0 saturated heterocycles. The quantitative estimate of drug-likeness (QED) is 0.884. The van der Waals surface area contributed by atoms with E-state index in [0.29, 0.717) is 17.9 Å². The number of halogens is 1. The Morgan fingerprint density at radius 3 is 2.81 bits per heavy atom. The fourth-order valence-corrected chi connectivity index (χ4v) is 3.06. The maximum atomic E-state index is 14.2. The molecule has 3 rings (SSSR count). The molecule has 21 heavy (non-hydrogen) atoms. The summed E-state index contributed by atoms with van der Waals surface area (Å²) in [4.78, 5) is 29.8. The number of Topliss-reactive ketones (excluding diaryl/α,β-unsaturated/α-hetero) is 1. The number of benzene rings is 1. The van der Waals surface area contributed by atoms with Crippen LogP contribution < -0.4 is 10.2 Å². The van der Waals surface area contributed by atoms with Crippen molar-refractivity contribution < 1.29 is 14.0 Å². The van der Waals surface area contributed by atoms with Crippen molar-refractivity contribution in [1.29, 1.82) is 0 Å². The van der Waals surface area contributed by atoms with Crippen LogP contribution in [-0.4, -0.2) is 23.7 Å². The minimum Gasteiger partial charge on any atom is -0.367 e. The highest BCUT2D eigenvalue weighted by atomic mass is 32.1. The summed E-state index contributed by atoms with van der Waals surface area (Å²) < 4.78 is 14.2. The van der Waals surface area contributed by atoms with Gasteiger partial charge in [0.05, 0.1) is 34.7 Å². The number of aryl methyl sites for hydroxylation is 1. The van der Waals surface area contributed by atoms with E-state index in [9.17, 15) is 14.0 Å². The Labute approximate surface area is 124 Å². The number of carbonyl (C=O) groups is 2. The molecule has 1 aromatic heterocycles. The van der Waals surface area contributed by atoms with Gasteiger partial charge in [0.1, 0.15) is 5.82 Å². The summed E-state index contributed by atoms with van der Waals surface area (Å²) in [6.07, 6.45) is 0. The molecule has 5 nitrogen and oxygen atoms in total. The number of aromatic nitrogens is 1. The zero-order chi connectivity index (χ0) is 15.1. The summed E-state index contributed by atoms with van der Waals surface area (Å²) in [6, 6.07) is 2.60. The summed E-state index contributed by atoms with van der Waals surface area (Å²) >= 11 is 1.51. The smallest absolute Gasteiger partial charge is 0.296 e. The standard InChI is InChI=1S/C14H12FN3O2S/c1-7-12(21-6-16-7)5-18(2)11-4-10-8(3-9(11)15)13(19)14(20)17-10/h3-4,6H,5H2,1-2H3,(H,17,19,20). The van der Waals surface area contributed by atoms with Crippen LogP contribution in [0.5, 0.6) is 0 Å². The molecule has 0 fully saturated rings. The molecule has 108 valence electrons. The number of thiazole rings is 1. The van der Waals surface area contributed by atoms with Gasteiger partial charge in [0.25, 0.3) is 11.7 Å². The fourth-order valence-electron chi connectivity index (χ4n) is 2.23. The minimum absolute atomic E-state index is 0.0867. The summed E-state index contributed by atoms with van der Waals surface area (Å²) in [5, 5.41) is 2.45. The SMILES string of the molecule is Cc1ncsc1CN(C)c1cc2c(cc1F)C(=O)C(=O)N2. The van der Waals surface area contributed by atoms with Crippen molar-refractivity contribution in [3.8, 4) is 0 Å². The van der Waals surface area contributed by atoms with Crippen molar-refractivity contribution in [2.45, 2.75) is 13.5 Å². The number of ketones is 1. The van der Waals surface area contributed by atoms with Gasteiger partial charge in [0, 0.05) is 11.9 Å². The van der Waals surface area contributed by atoms with Crippen molar-refractivity contribution in [3.63, 3.8) is 0 Å². The molecule has 2 heterocycles. The minimum atomic E-state index is -0.720. The normalized spacial score (nSPS) is 13.3. The van der Waals surface area contributed by atoms with Crippen LogP contribution in [0.3, 0.4) is 0 Å². The first-order valence-electron chi connectivity index (χ1n) is 6.26. The van der Waals surface area contributed by atoms with Crippen LogP contribution in [0.2, 0.25) is 0 Å². The Bertz CT molecular complexity index is 757. The molecule has 7 heteroatoms. The predicted octanol–water partition coefficient (Wildman–Crippen LogP) is 2.36. The number of amides is 1. The second-order valence-electron chi connectivity index (χ2n) is 4.85. The molecule has 1 N–H and O–H groups in total. The lowest BCUT2D eigenvalue weighted by molar-refractivity contribution is -0.112. The van der Waals surface area contributed by atoms with Gasteiger partial charge in [-0.25, -0.2) is 9.37 Å². The molecule has 0 saturated carbocycles. The number of carbonyl (C=O) groups excluding carboxylic acids is 2. The molecule has 1 aliphatic rings. The molecule has 2 aromatic rings. The van der Waals surface area contributed by atoms with Crippen LogP contribution in [0.15, 0.2) is 17.6 Å². The Balaban J connectivity index is 1.93. The van der Waals surface area contributed by atoms with E-state index in [2.05, 4.69) is 10.3 Å². The third-order valence-electron chi connectivity index (χ3n) is 3.42. The van der Waals surface area contributed by atoms with Gasteiger partial charge in [0.15, 0.2) is 0 Å². The highest BCUT2D eigenvalue weighted by Gasteiger charge is 2.30. The van der Waals surface area contributed by atoms with Crippen LogP contribution in [0, 0.1) is 12.7 Å². The first-order chi connectivity index (χ1) is 9.97. The van der Waals surface area contributed by atoms with Crippen molar-refractivity contribution in [3.05, 3.63) is 39.6 Å². The number of hydrogen-bond acceptors (Lipinski definition) is 5. The Morgan fingerprint density at radius 1 is 1.38 bits per heavy atom. The van der Waals surface area contributed by atoms with E-state index in [-0.39, 0.29) is 5.56 Å². The Morgan fingerprint density at radius 2 is 2.14 bits per heavy atom. The van der Waals surface area contributed by atoms with E-state index in [1.165, 1.54) is 17.4 Å². The molecule has 1 amide bonds. The van der Waals surface area contributed by atoms with E-state index in [1.54, 1.807) is 17.5 Å². The second-order valence-corrected chi connectivity index (χ2v) is 5.79. The fraction of sp³-hybridized carbons (Fsp3) is 0.214. The molecule has 0 spiro atoms. The third kappa shape index (κ3) is 2.29. The van der Waals surface area contributed by atoms with Gasteiger partial charge in [-0.2, -0.15) is 0 Å². The predicted molar refractivity (Wildman–Crippen MR) is 78.3 cm³/mol. The molecule has 0 unspecified atom stereocenters. The average molecular weight is 305 g/mol. The van der Waals surface area contributed by atoms with E-state index in [4.69, 9.17) is 0 Å². The maximum absolute atomic E-state index is 14.2. The molecular weight excluding hydrogens is 293 g/mol. The van der Waals surface area contributed by atoms with E-state index in [1.807, 2.05) is 6.92 Å². The molecule has 0 aliphatic carbocycles. The van der Waals surface area contributed by atoms with Crippen molar-refractivity contribution in [2.75, 3.05) is 17.3 Å². The van der Waals surface area contributed by atoms with Crippen LogP contribution in [-0.2, 0) is 11.3 Å². The van der Waals surface area contributed by atoms with Crippen LogP contribution in [0.25, 0.3) is 0 Å². The van der Waals surface area contributed by atoms with Crippen molar-refractivity contribution >= 4 is 34.4 Å². The lowest BCUT2D eigenvalue weighted by atomic mass is 10.1. The molecule has 0 radical (unpaired) electrons. The number of anilines is 2. The van der Waals surface area contributed by atoms with Crippen molar-refractivity contribution in [1.82, 2.24) is 4.98 Å². The van der Waals surface area contributed by atoms with E-state index < -0.39 is 17.5 Å². The van der Waals surface area contributed by atoms with Gasteiger partial charge >= 0.3 is 0 Å². The van der Waals surface area contributed by atoms with E-state index in [0.717, 1.165) is 16.6 Å². The molecular formula is C14H12FN3O2S. The summed E-state index contributed by atoms with van der Waals surface area (Å²) in [7, 11) is 1.75. The second kappa shape index (κ2) is 4.92. The van der Waals surface area contributed by atoms with Crippen LogP contribution >= 0.6 is 11.3 Å². The molecule has 0 bridgehead atoms. The van der Waals surface area contributed by atoms with E-state index >= 15 is 0 Å². The number of fused-ring (bicyclic) bond motifs is 1. The monoisotopic (exact) mass is 305 g/mol. The summed E-state index contributed by atoms with van der Waals surface area (Å²) in [6.45, 7) is 2.41. The first kappa shape index (κ1) is 13.7. The lowest BCUT2D eigenvalue weighted by Crippen LogP contribution is -2.18. The largest absolute Gasteiger partial charge is 0.367 e. The summed E-state index contributed by atoms with van der Waals surface area (Å²) in [5.41, 5.74) is 3.43. The topological polar surface area (TPSA) is 62.3 Å². The number of nitrogens with zero attached hydrogens (tertiary/aromatic N) is 2. The van der Waals surface area contributed by atoms with Gasteiger partial charge in [-0.05, 0) is 19.1 Å². The lowest BCUT2D eigenvalue weighted by Gasteiger charge is -2.20. The number of nitrogens with one attached hydrogen (secondary N) is 1. The van der Waals surface area contributed by atoms with Crippen LogP contribution in [0.1, 0.15) is 20.9 Å². The van der Waals surface area contributed by atoms with Crippen LogP contribution in [0.4, 0.5) is 15.8 Å². The highest BCUT2D eigenvalue weighted by Crippen LogP contribution is 2.31. The number of hydrogen-bond donors (Lipinski definition) is 1. The Kier molecular flexibility index (Phi) is 3.21. The maximum Gasteiger partial charge on any atom is 0.296 e. The highest BCUT2D eigenvalue weighted by molar-refractivity contribution is 7.09. The van der Waals surface area contributed by atoms with Gasteiger partial charge in [-0.15, -0.1) is 11.3 Å². The first-order valence-corrected chi connectivity index (χ1v) is 7.14. The zero-order valence-electron chi connectivity index (χ0n) is 11.4. The third-order valence-corrected chi connectivity index (χ3v) is 4.34. The van der Waals surface area contributed by atoms with Gasteiger partial charge < -0.3 is 10.2 Å².